The van der Waals surface area contributed by atoms with Crippen LogP contribution in [-0.4, -0.2) is 24.1 Å². The molecule has 1 N–H and O–H groups in total. The Bertz CT molecular complexity index is 227. The fourth-order valence-corrected chi connectivity index (χ4v) is 3.14. The summed E-state index contributed by atoms with van der Waals surface area (Å²) in [6, 6.07) is -0.251. The molecular formula is C11H20N2O2. The smallest absolute Gasteiger partial charge is 0.213 e. The lowest BCUT2D eigenvalue weighted by atomic mass is 9.74. The van der Waals surface area contributed by atoms with Crippen LogP contribution in [0.25, 0.3) is 0 Å². The van der Waals surface area contributed by atoms with E-state index in [1.54, 1.807) is 0 Å². The summed E-state index contributed by atoms with van der Waals surface area (Å²) in [6.07, 6.45) is 6.34. The van der Waals surface area contributed by atoms with Crippen molar-refractivity contribution in [1.82, 2.24) is 5.32 Å². The number of nitrogens with one attached hydrogen (secondary N) is 1. The summed E-state index contributed by atoms with van der Waals surface area (Å²) in [5.74, 6) is 1.37. The Morgan fingerprint density at radius 2 is 1.80 bits per heavy atom. The van der Waals surface area contributed by atoms with Gasteiger partial charge in [-0.3, -0.25) is 10.1 Å². The molecule has 2 atom stereocenters. The summed E-state index contributed by atoms with van der Waals surface area (Å²) in [5, 5.41) is 14.1. The average Bonchev–Trinajstić information content (AvgIpc) is 2.30. The van der Waals surface area contributed by atoms with Crippen LogP contribution >= 0.6 is 0 Å². The highest BCUT2D eigenvalue weighted by Crippen LogP contribution is 2.35. The van der Waals surface area contributed by atoms with E-state index in [1.165, 1.54) is 19.3 Å². The van der Waals surface area contributed by atoms with Crippen molar-refractivity contribution in [1.29, 1.82) is 0 Å². The van der Waals surface area contributed by atoms with Gasteiger partial charge in [-0.15, -0.1) is 0 Å². The van der Waals surface area contributed by atoms with Gasteiger partial charge in [0.05, 0.1) is 0 Å². The summed E-state index contributed by atoms with van der Waals surface area (Å²) in [6.45, 7) is 2.20. The molecule has 2 rings (SSSR count). The molecule has 1 saturated heterocycles. The largest absolute Gasteiger partial charge is 0.317 e. The van der Waals surface area contributed by atoms with Gasteiger partial charge in [0.1, 0.15) is 0 Å². The van der Waals surface area contributed by atoms with Crippen molar-refractivity contribution < 1.29 is 4.92 Å². The molecule has 0 aromatic carbocycles. The van der Waals surface area contributed by atoms with Crippen molar-refractivity contribution in [2.75, 3.05) is 13.1 Å². The molecule has 0 radical (unpaired) electrons. The van der Waals surface area contributed by atoms with Crippen LogP contribution in [0.5, 0.6) is 0 Å². The Hall–Kier alpha value is -0.640. The van der Waals surface area contributed by atoms with E-state index in [4.69, 9.17) is 0 Å². The number of hydrogen-bond donors (Lipinski definition) is 1. The number of piperidine rings is 1. The molecule has 86 valence electrons. The first-order chi connectivity index (χ1) is 7.27. The molecule has 15 heavy (non-hydrogen) atoms. The second-order valence-corrected chi connectivity index (χ2v) is 4.95. The number of hydrogen-bond acceptors (Lipinski definition) is 3. The summed E-state index contributed by atoms with van der Waals surface area (Å²) in [7, 11) is 0. The van der Waals surface area contributed by atoms with Gasteiger partial charge < -0.3 is 5.32 Å². The fourth-order valence-electron chi connectivity index (χ4n) is 3.14. The number of nitrogens with zero attached hydrogens (tertiary/aromatic N) is 1. The number of rotatable bonds is 2. The molecule has 4 heteroatoms. The van der Waals surface area contributed by atoms with Crippen LogP contribution in [0.15, 0.2) is 0 Å². The van der Waals surface area contributed by atoms with Crippen molar-refractivity contribution in [3.8, 4) is 0 Å². The molecule has 0 bridgehead atoms. The standard InChI is InChI=1S/C11H20N2O2/c14-13(15)11-3-1-2-10(8-11)9-4-6-12-7-5-9/h9-12H,1-8H2. The highest BCUT2D eigenvalue weighted by molar-refractivity contribution is 4.81. The minimum atomic E-state index is -0.251. The Kier molecular flexibility index (Phi) is 3.57. The van der Waals surface area contributed by atoms with Crippen LogP contribution in [0.3, 0.4) is 0 Å². The molecule has 1 aliphatic heterocycles. The molecule has 2 aliphatic rings. The molecular weight excluding hydrogens is 192 g/mol. The van der Waals surface area contributed by atoms with Crippen LogP contribution in [-0.2, 0) is 0 Å². The Morgan fingerprint density at radius 1 is 1.07 bits per heavy atom. The third-order valence-electron chi connectivity index (χ3n) is 4.04. The maximum Gasteiger partial charge on any atom is 0.213 e. The first kappa shape index (κ1) is 10.9. The predicted octanol–water partition coefficient (Wildman–Crippen LogP) is 1.82. The quantitative estimate of drug-likeness (QED) is 0.561. The summed E-state index contributed by atoms with van der Waals surface area (Å²) >= 11 is 0. The molecule has 0 aromatic heterocycles. The van der Waals surface area contributed by atoms with Crippen molar-refractivity contribution in [2.24, 2.45) is 11.8 Å². The van der Waals surface area contributed by atoms with Gasteiger partial charge in [0, 0.05) is 17.8 Å². The summed E-state index contributed by atoms with van der Waals surface area (Å²) in [5.41, 5.74) is 0. The van der Waals surface area contributed by atoms with Gasteiger partial charge >= 0.3 is 0 Å². The van der Waals surface area contributed by atoms with Gasteiger partial charge in [-0.05, 0) is 50.6 Å². The van der Waals surface area contributed by atoms with E-state index in [1.807, 2.05) is 0 Å². The molecule has 0 amide bonds. The highest BCUT2D eigenvalue weighted by Gasteiger charge is 2.34. The van der Waals surface area contributed by atoms with Gasteiger partial charge in [-0.1, -0.05) is 0 Å². The van der Waals surface area contributed by atoms with E-state index in [0.717, 1.165) is 38.3 Å². The molecule has 0 aromatic rings. The highest BCUT2D eigenvalue weighted by atomic mass is 16.6. The van der Waals surface area contributed by atoms with E-state index in [-0.39, 0.29) is 11.0 Å². The van der Waals surface area contributed by atoms with Crippen LogP contribution in [0, 0.1) is 22.0 Å². The minimum Gasteiger partial charge on any atom is -0.317 e. The number of nitro groups is 1. The van der Waals surface area contributed by atoms with E-state index in [0.29, 0.717) is 5.92 Å². The van der Waals surface area contributed by atoms with Crippen LogP contribution < -0.4 is 5.32 Å². The van der Waals surface area contributed by atoms with Crippen LogP contribution in [0.1, 0.15) is 38.5 Å². The zero-order valence-corrected chi connectivity index (χ0v) is 9.15. The van der Waals surface area contributed by atoms with E-state index in [9.17, 15) is 10.1 Å². The predicted molar refractivity (Wildman–Crippen MR) is 58.3 cm³/mol. The molecule has 2 unspecified atom stereocenters. The lowest BCUT2D eigenvalue weighted by Crippen LogP contribution is -2.36. The Morgan fingerprint density at radius 3 is 2.47 bits per heavy atom. The van der Waals surface area contributed by atoms with Gasteiger partial charge in [-0.25, -0.2) is 0 Å². The van der Waals surface area contributed by atoms with Gasteiger partial charge in [-0.2, -0.15) is 0 Å². The molecule has 2 fully saturated rings. The first-order valence-corrected chi connectivity index (χ1v) is 6.11. The summed E-state index contributed by atoms with van der Waals surface area (Å²) < 4.78 is 0. The molecule has 1 aliphatic carbocycles. The van der Waals surface area contributed by atoms with Crippen LogP contribution in [0.2, 0.25) is 0 Å². The lowest BCUT2D eigenvalue weighted by molar-refractivity contribution is -0.528. The van der Waals surface area contributed by atoms with Crippen molar-refractivity contribution in [2.45, 2.75) is 44.6 Å². The summed E-state index contributed by atoms with van der Waals surface area (Å²) in [4.78, 5) is 10.7. The third kappa shape index (κ3) is 2.68. The Balaban J connectivity index is 1.88. The minimum absolute atomic E-state index is 0.0623. The molecule has 0 spiro atoms. The third-order valence-corrected chi connectivity index (χ3v) is 4.04. The van der Waals surface area contributed by atoms with Gasteiger partial charge in [0.25, 0.3) is 0 Å². The zero-order valence-electron chi connectivity index (χ0n) is 9.15. The monoisotopic (exact) mass is 212 g/mol. The topological polar surface area (TPSA) is 55.2 Å². The maximum atomic E-state index is 10.8. The molecule has 1 heterocycles. The lowest BCUT2D eigenvalue weighted by Gasteiger charge is -2.33. The van der Waals surface area contributed by atoms with Crippen molar-refractivity contribution in [3.63, 3.8) is 0 Å². The van der Waals surface area contributed by atoms with Gasteiger partial charge in [0.15, 0.2) is 0 Å². The first-order valence-electron chi connectivity index (χ1n) is 6.11. The maximum absolute atomic E-state index is 10.8. The van der Waals surface area contributed by atoms with E-state index >= 15 is 0 Å². The Labute approximate surface area is 90.6 Å². The van der Waals surface area contributed by atoms with E-state index < -0.39 is 0 Å². The fraction of sp³-hybridized carbons (Fsp3) is 1.00. The second kappa shape index (κ2) is 4.92. The SMILES string of the molecule is O=[N+]([O-])C1CCCC(C2CCNCC2)C1. The molecule has 4 nitrogen and oxygen atoms in total. The normalized spacial score (nSPS) is 33.9. The second-order valence-electron chi connectivity index (χ2n) is 4.95. The van der Waals surface area contributed by atoms with Crippen molar-refractivity contribution >= 4 is 0 Å². The van der Waals surface area contributed by atoms with E-state index in [2.05, 4.69) is 5.32 Å². The van der Waals surface area contributed by atoms with Crippen molar-refractivity contribution in [3.05, 3.63) is 10.1 Å². The zero-order chi connectivity index (χ0) is 10.7. The average molecular weight is 212 g/mol. The molecule has 1 saturated carbocycles. The van der Waals surface area contributed by atoms with Gasteiger partial charge in [0.2, 0.25) is 6.04 Å². The van der Waals surface area contributed by atoms with Crippen LogP contribution in [0.4, 0.5) is 0 Å².